The third-order valence-corrected chi connectivity index (χ3v) is 3.60. The Kier molecular flexibility index (Phi) is 3.54. The maximum Gasteiger partial charge on any atom is 0.196 e. The van der Waals surface area contributed by atoms with E-state index in [2.05, 4.69) is 15.0 Å². The lowest BCUT2D eigenvalue weighted by Crippen LogP contribution is -2.31. The first-order chi connectivity index (χ1) is 9.63. The molecule has 0 saturated carbocycles. The first kappa shape index (κ1) is 13.3. The van der Waals surface area contributed by atoms with E-state index in [1.54, 1.807) is 6.20 Å². The van der Waals surface area contributed by atoms with Gasteiger partial charge in [-0.1, -0.05) is 0 Å². The van der Waals surface area contributed by atoms with Crippen LogP contribution in [0.5, 0.6) is 0 Å². The van der Waals surface area contributed by atoms with Crippen LogP contribution in [0.4, 0.5) is 8.78 Å². The van der Waals surface area contributed by atoms with Crippen molar-refractivity contribution in [1.29, 1.82) is 0 Å². The van der Waals surface area contributed by atoms with Crippen LogP contribution in [0.2, 0.25) is 0 Å². The maximum absolute atomic E-state index is 13.6. The largest absolute Gasteiger partial charge is 0.334 e. The molecule has 4 nitrogen and oxygen atoms in total. The molecule has 7 heteroatoms. The van der Waals surface area contributed by atoms with Gasteiger partial charge in [-0.3, -0.25) is 9.88 Å². The zero-order valence-electron chi connectivity index (χ0n) is 10.6. The molecule has 0 aromatic carbocycles. The molecule has 0 fully saturated rings. The molecule has 0 amide bonds. The fourth-order valence-corrected chi connectivity index (χ4v) is 2.53. The zero-order chi connectivity index (χ0) is 14.1. The van der Waals surface area contributed by atoms with Crippen molar-refractivity contribution in [2.24, 2.45) is 0 Å². The van der Waals surface area contributed by atoms with E-state index in [0.717, 1.165) is 30.1 Å². The summed E-state index contributed by atoms with van der Waals surface area (Å²) in [5, 5.41) is 0. The summed E-state index contributed by atoms with van der Waals surface area (Å²) >= 11 is 4.98. The number of aromatic amines is 1. The van der Waals surface area contributed by atoms with Crippen LogP contribution in [0, 0.1) is 16.4 Å². The summed E-state index contributed by atoms with van der Waals surface area (Å²) in [6.07, 6.45) is 4.56. The highest BCUT2D eigenvalue weighted by molar-refractivity contribution is 7.71. The highest BCUT2D eigenvalue weighted by Crippen LogP contribution is 2.20. The molecule has 1 aliphatic heterocycles. The first-order valence-electron chi connectivity index (χ1n) is 6.21. The van der Waals surface area contributed by atoms with Crippen LogP contribution in [-0.4, -0.2) is 26.4 Å². The third-order valence-electron chi connectivity index (χ3n) is 3.39. The van der Waals surface area contributed by atoms with Gasteiger partial charge in [0, 0.05) is 49.1 Å². The summed E-state index contributed by atoms with van der Waals surface area (Å²) in [7, 11) is 0. The second-order valence-corrected chi connectivity index (χ2v) is 5.12. The Hall–Kier alpha value is -1.73. The van der Waals surface area contributed by atoms with E-state index in [4.69, 9.17) is 12.2 Å². The molecular weight excluding hydrogens is 282 g/mol. The van der Waals surface area contributed by atoms with Crippen LogP contribution in [0.1, 0.15) is 16.8 Å². The van der Waals surface area contributed by atoms with Gasteiger partial charge in [0.25, 0.3) is 0 Å². The minimum atomic E-state index is -0.610. The molecule has 2 aromatic rings. The van der Waals surface area contributed by atoms with Gasteiger partial charge in [-0.2, -0.15) is 0 Å². The quantitative estimate of drug-likeness (QED) is 0.864. The Balaban J connectivity index is 1.81. The van der Waals surface area contributed by atoms with E-state index < -0.39 is 11.6 Å². The summed E-state index contributed by atoms with van der Waals surface area (Å²) in [5.41, 5.74) is 2.12. The summed E-state index contributed by atoms with van der Waals surface area (Å²) in [6.45, 7) is 1.52. The van der Waals surface area contributed by atoms with Crippen LogP contribution in [-0.2, 0) is 19.5 Å². The second-order valence-electron chi connectivity index (χ2n) is 4.73. The molecular formula is C13H12F2N4S. The lowest BCUT2D eigenvalue weighted by Gasteiger charge is -2.28. The van der Waals surface area contributed by atoms with Crippen molar-refractivity contribution in [3.05, 3.63) is 51.8 Å². The molecule has 0 aliphatic carbocycles. The predicted octanol–water partition coefficient (Wildman–Crippen LogP) is 2.37. The molecule has 0 radical (unpaired) electrons. The van der Waals surface area contributed by atoms with Gasteiger partial charge in [0.15, 0.2) is 4.77 Å². The Morgan fingerprint density at radius 2 is 2.00 bits per heavy atom. The first-order valence-corrected chi connectivity index (χ1v) is 6.61. The minimum Gasteiger partial charge on any atom is -0.334 e. The van der Waals surface area contributed by atoms with Crippen molar-refractivity contribution in [2.45, 2.75) is 19.5 Å². The monoisotopic (exact) mass is 294 g/mol. The van der Waals surface area contributed by atoms with Gasteiger partial charge >= 0.3 is 0 Å². The molecule has 0 bridgehead atoms. The van der Waals surface area contributed by atoms with Crippen LogP contribution >= 0.6 is 12.2 Å². The number of rotatable bonds is 2. The Morgan fingerprint density at radius 3 is 2.75 bits per heavy atom. The molecule has 0 spiro atoms. The van der Waals surface area contributed by atoms with Crippen LogP contribution in [0.3, 0.4) is 0 Å². The summed E-state index contributed by atoms with van der Waals surface area (Å²) in [4.78, 5) is 12.6. The van der Waals surface area contributed by atoms with Crippen LogP contribution in [0.15, 0.2) is 18.6 Å². The molecule has 1 aliphatic rings. The highest BCUT2D eigenvalue weighted by atomic mass is 32.1. The third kappa shape index (κ3) is 2.59. The summed E-state index contributed by atoms with van der Waals surface area (Å²) in [5.74, 6) is -1.22. The molecule has 0 atom stereocenters. The van der Waals surface area contributed by atoms with E-state index in [1.807, 2.05) is 4.90 Å². The SMILES string of the molecule is Fc1cncc(F)c1CN1CCc2[nH]c(=S)ncc2C1. The smallest absolute Gasteiger partial charge is 0.196 e. The maximum atomic E-state index is 13.6. The van der Waals surface area contributed by atoms with Crippen molar-refractivity contribution in [3.8, 4) is 0 Å². The molecule has 3 heterocycles. The lowest BCUT2D eigenvalue weighted by molar-refractivity contribution is 0.235. The fraction of sp³-hybridized carbons (Fsp3) is 0.308. The molecule has 20 heavy (non-hydrogen) atoms. The number of aromatic nitrogens is 3. The number of hydrogen-bond donors (Lipinski definition) is 1. The highest BCUT2D eigenvalue weighted by Gasteiger charge is 2.20. The normalized spacial score (nSPS) is 15.1. The number of pyridine rings is 1. The second kappa shape index (κ2) is 5.34. The van der Waals surface area contributed by atoms with E-state index in [1.165, 1.54) is 0 Å². The number of nitrogens with one attached hydrogen (secondary N) is 1. The van der Waals surface area contributed by atoms with Gasteiger partial charge in [-0.25, -0.2) is 13.8 Å². The van der Waals surface area contributed by atoms with Gasteiger partial charge in [0.05, 0.1) is 12.4 Å². The molecule has 1 N–H and O–H groups in total. The molecule has 0 unspecified atom stereocenters. The van der Waals surface area contributed by atoms with Crippen molar-refractivity contribution >= 4 is 12.2 Å². The number of halogens is 2. The van der Waals surface area contributed by atoms with E-state index in [0.29, 0.717) is 17.9 Å². The zero-order valence-corrected chi connectivity index (χ0v) is 11.4. The minimum absolute atomic E-state index is 0.0558. The number of nitrogens with zero attached hydrogens (tertiary/aromatic N) is 3. The van der Waals surface area contributed by atoms with E-state index >= 15 is 0 Å². The van der Waals surface area contributed by atoms with Crippen LogP contribution < -0.4 is 0 Å². The van der Waals surface area contributed by atoms with Gasteiger partial charge in [0.2, 0.25) is 0 Å². The lowest BCUT2D eigenvalue weighted by atomic mass is 10.1. The Labute approximate surface area is 119 Å². The van der Waals surface area contributed by atoms with Crippen molar-refractivity contribution < 1.29 is 8.78 Å². The van der Waals surface area contributed by atoms with Gasteiger partial charge in [-0.15, -0.1) is 0 Å². The fourth-order valence-electron chi connectivity index (χ4n) is 2.35. The Morgan fingerprint density at radius 1 is 1.25 bits per heavy atom. The average molecular weight is 294 g/mol. The molecule has 3 rings (SSSR count). The van der Waals surface area contributed by atoms with E-state index in [9.17, 15) is 8.78 Å². The average Bonchev–Trinajstić information content (AvgIpc) is 2.43. The van der Waals surface area contributed by atoms with Crippen molar-refractivity contribution in [3.63, 3.8) is 0 Å². The topological polar surface area (TPSA) is 44.8 Å². The van der Waals surface area contributed by atoms with Gasteiger partial charge in [0.1, 0.15) is 11.6 Å². The van der Waals surface area contributed by atoms with Crippen LogP contribution in [0.25, 0.3) is 0 Å². The standard InChI is InChI=1S/C13H12F2N4S/c14-10-4-16-5-11(15)9(10)7-19-2-1-12-8(6-19)3-17-13(20)18-12/h3-5H,1-2,6-7H2,(H,17,18,20). The Bertz CT molecular complexity index is 681. The van der Waals surface area contributed by atoms with Crippen molar-refractivity contribution in [2.75, 3.05) is 6.54 Å². The molecule has 2 aromatic heterocycles. The summed E-state index contributed by atoms with van der Waals surface area (Å²) in [6, 6.07) is 0. The molecule has 0 saturated heterocycles. The number of hydrogen-bond acceptors (Lipinski definition) is 4. The van der Waals surface area contributed by atoms with Crippen molar-refractivity contribution in [1.82, 2.24) is 19.9 Å². The number of H-pyrrole nitrogens is 1. The summed E-state index contributed by atoms with van der Waals surface area (Å²) < 4.78 is 27.6. The van der Waals surface area contributed by atoms with Gasteiger partial charge in [-0.05, 0) is 12.2 Å². The number of fused-ring (bicyclic) bond motifs is 1. The van der Waals surface area contributed by atoms with E-state index in [-0.39, 0.29) is 12.1 Å². The predicted molar refractivity (Wildman–Crippen MR) is 71.4 cm³/mol. The van der Waals surface area contributed by atoms with Gasteiger partial charge < -0.3 is 4.98 Å². The molecule has 104 valence electrons.